The number of imidazole rings is 1. The second kappa shape index (κ2) is 12.7. The first-order valence-electron chi connectivity index (χ1n) is 11.6. The van der Waals surface area contributed by atoms with Crippen molar-refractivity contribution in [2.75, 3.05) is 11.6 Å². The standard InChI is InChI=1S/C27H25Cl2N5O3S/c1-38-22-12-9-19(28)14-18(22)15-30-26(35)32-21(13-16-5-3-2-4-6-16)25-33-23(24(29)34-25)17-7-10-20(11-8-17)31-27(36)37/h2-12,14,21,31H,13,15H2,1H3,(H,33,34)(H,36,37)(H2,30,32,35). The number of amides is 3. The molecule has 0 radical (unpaired) electrons. The monoisotopic (exact) mass is 569 g/mol. The Kier molecular flexibility index (Phi) is 9.17. The highest BCUT2D eigenvalue weighted by Gasteiger charge is 2.22. The first kappa shape index (κ1) is 27.4. The van der Waals surface area contributed by atoms with Crippen LogP contribution in [-0.4, -0.2) is 33.5 Å². The smallest absolute Gasteiger partial charge is 0.409 e. The van der Waals surface area contributed by atoms with E-state index in [1.54, 1.807) is 36.0 Å². The number of carboxylic acid groups (broad SMARTS) is 1. The summed E-state index contributed by atoms with van der Waals surface area (Å²) in [5, 5.41) is 18.0. The van der Waals surface area contributed by atoms with E-state index in [-0.39, 0.29) is 6.03 Å². The summed E-state index contributed by atoms with van der Waals surface area (Å²) in [4.78, 5) is 32.7. The van der Waals surface area contributed by atoms with Gasteiger partial charge in [-0.15, -0.1) is 11.8 Å². The topological polar surface area (TPSA) is 119 Å². The van der Waals surface area contributed by atoms with Crippen LogP contribution in [0.15, 0.2) is 77.7 Å². The van der Waals surface area contributed by atoms with Crippen LogP contribution in [0.2, 0.25) is 10.2 Å². The molecule has 0 aliphatic heterocycles. The van der Waals surface area contributed by atoms with Crippen LogP contribution in [0, 0.1) is 0 Å². The van der Waals surface area contributed by atoms with E-state index in [2.05, 4.69) is 25.9 Å². The lowest BCUT2D eigenvalue weighted by Gasteiger charge is -2.18. The zero-order chi connectivity index (χ0) is 27.1. The van der Waals surface area contributed by atoms with Crippen LogP contribution in [0.3, 0.4) is 0 Å². The number of hydrogen-bond acceptors (Lipinski definition) is 4. The van der Waals surface area contributed by atoms with Crippen molar-refractivity contribution >= 4 is 52.8 Å². The largest absolute Gasteiger partial charge is 0.465 e. The minimum Gasteiger partial charge on any atom is -0.465 e. The average Bonchev–Trinajstić information content (AvgIpc) is 3.29. The van der Waals surface area contributed by atoms with Gasteiger partial charge in [-0.1, -0.05) is 65.7 Å². The van der Waals surface area contributed by atoms with Gasteiger partial charge in [-0.3, -0.25) is 5.32 Å². The highest BCUT2D eigenvalue weighted by Crippen LogP contribution is 2.29. The number of carbonyl (C=O) groups is 2. The van der Waals surface area contributed by atoms with Gasteiger partial charge in [0, 0.05) is 27.7 Å². The number of nitrogens with one attached hydrogen (secondary N) is 4. The Hall–Kier alpha value is -3.66. The van der Waals surface area contributed by atoms with Gasteiger partial charge >= 0.3 is 12.1 Å². The molecule has 0 saturated heterocycles. The van der Waals surface area contributed by atoms with Gasteiger partial charge in [0.1, 0.15) is 16.7 Å². The first-order chi connectivity index (χ1) is 18.3. The number of thioether (sulfide) groups is 1. The minimum atomic E-state index is -1.15. The Balaban J connectivity index is 1.54. The number of urea groups is 1. The zero-order valence-corrected chi connectivity index (χ0v) is 22.6. The van der Waals surface area contributed by atoms with Gasteiger partial charge in [0.15, 0.2) is 0 Å². The molecule has 0 aliphatic rings. The molecule has 0 saturated carbocycles. The second-order valence-corrected chi connectivity index (χ2v) is 9.98. The van der Waals surface area contributed by atoms with Crippen molar-refractivity contribution in [2.45, 2.75) is 23.9 Å². The van der Waals surface area contributed by atoms with E-state index in [0.29, 0.717) is 45.9 Å². The predicted molar refractivity (Wildman–Crippen MR) is 152 cm³/mol. The molecule has 1 heterocycles. The fourth-order valence-electron chi connectivity index (χ4n) is 3.90. The molecule has 3 aromatic carbocycles. The number of aromatic amines is 1. The Labute approximate surface area is 234 Å². The van der Waals surface area contributed by atoms with Crippen LogP contribution < -0.4 is 16.0 Å². The molecule has 0 spiro atoms. The third kappa shape index (κ3) is 7.22. The van der Waals surface area contributed by atoms with Crippen molar-refractivity contribution in [3.63, 3.8) is 0 Å². The summed E-state index contributed by atoms with van der Waals surface area (Å²) in [6, 6.07) is 21.2. The fourth-order valence-corrected chi connectivity index (χ4v) is 4.94. The average molecular weight is 571 g/mol. The highest BCUT2D eigenvalue weighted by molar-refractivity contribution is 7.98. The van der Waals surface area contributed by atoms with E-state index in [1.165, 1.54) is 0 Å². The molecule has 11 heteroatoms. The van der Waals surface area contributed by atoms with E-state index < -0.39 is 12.1 Å². The lowest BCUT2D eigenvalue weighted by molar-refractivity contribution is 0.209. The normalized spacial score (nSPS) is 11.6. The number of rotatable bonds is 9. The molecule has 1 aromatic heterocycles. The van der Waals surface area contributed by atoms with Gasteiger partial charge < -0.3 is 20.7 Å². The maximum atomic E-state index is 13.0. The van der Waals surface area contributed by atoms with Crippen LogP contribution >= 0.6 is 35.0 Å². The van der Waals surface area contributed by atoms with Crippen molar-refractivity contribution in [1.82, 2.24) is 20.6 Å². The number of hydrogen-bond donors (Lipinski definition) is 5. The fraction of sp³-hybridized carbons (Fsp3) is 0.148. The quantitative estimate of drug-likeness (QED) is 0.139. The van der Waals surface area contributed by atoms with Crippen molar-refractivity contribution in [3.05, 3.63) is 99.9 Å². The molecule has 38 heavy (non-hydrogen) atoms. The van der Waals surface area contributed by atoms with Gasteiger partial charge in [-0.2, -0.15) is 0 Å². The van der Waals surface area contributed by atoms with E-state index in [0.717, 1.165) is 16.0 Å². The molecular weight excluding hydrogens is 545 g/mol. The molecule has 1 unspecified atom stereocenters. The lowest BCUT2D eigenvalue weighted by Crippen LogP contribution is -2.38. The van der Waals surface area contributed by atoms with E-state index in [1.807, 2.05) is 54.8 Å². The molecule has 0 fully saturated rings. The molecule has 8 nitrogen and oxygen atoms in total. The number of H-pyrrole nitrogens is 1. The summed E-state index contributed by atoms with van der Waals surface area (Å²) in [7, 11) is 0. The maximum Gasteiger partial charge on any atom is 0.409 e. The SMILES string of the molecule is CSc1ccc(Cl)cc1CNC(=O)NC(Cc1ccccc1)c1nc(-c2ccc(NC(=O)O)cc2)c(Cl)[nH]1. The lowest BCUT2D eigenvalue weighted by atomic mass is 10.1. The third-order valence-corrected chi connectivity index (χ3v) is 7.03. The van der Waals surface area contributed by atoms with Gasteiger partial charge in [-0.05, 0) is 54.1 Å². The summed E-state index contributed by atoms with van der Waals surface area (Å²) in [6.45, 7) is 0.307. The van der Waals surface area contributed by atoms with Gasteiger partial charge in [0.25, 0.3) is 0 Å². The number of halogens is 2. The van der Waals surface area contributed by atoms with E-state index >= 15 is 0 Å². The number of benzene rings is 3. The molecule has 5 N–H and O–H groups in total. The molecule has 0 bridgehead atoms. The first-order valence-corrected chi connectivity index (χ1v) is 13.6. The Morgan fingerprint density at radius 2 is 1.79 bits per heavy atom. The number of carbonyl (C=O) groups excluding carboxylic acids is 1. The predicted octanol–water partition coefficient (Wildman–Crippen LogP) is 6.98. The minimum absolute atomic E-state index is 0.307. The van der Waals surface area contributed by atoms with E-state index in [4.69, 9.17) is 28.3 Å². The summed E-state index contributed by atoms with van der Waals surface area (Å²) in [6.07, 6.45) is 1.30. The number of nitrogens with zero attached hydrogens (tertiary/aromatic N) is 1. The van der Waals surface area contributed by atoms with Gasteiger partial charge in [-0.25, -0.2) is 14.6 Å². The van der Waals surface area contributed by atoms with Crippen LogP contribution in [0.5, 0.6) is 0 Å². The van der Waals surface area contributed by atoms with Crippen LogP contribution in [0.25, 0.3) is 11.3 Å². The summed E-state index contributed by atoms with van der Waals surface area (Å²) < 4.78 is 0. The molecule has 3 amide bonds. The highest BCUT2D eigenvalue weighted by atomic mass is 35.5. The molecule has 196 valence electrons. The zero-order valence-electron chi connectivity index (χ0n) is 20.3. The molecule has 4 rings (SSSR count). The van der Waals surface area contributed by atoms with Crippen LogP contribution in [0.1, 0.15) is 23.0 Å². The third-order valence-electron chi connectivity index (χ3n) is 5.69. The van der Waals surface area contributed by atoms with Crippen LogP contribution in [0.4, 0.5) is 15.3 Å². The van der Waals surface area contributed by atoms with Crippen molar-refractivity contribution in [3.8, 4) is 11.3 Å². The van der Waals surface area contributed by atoms with E-state index in [9.17, 15) is 9.59 Å². The molecular formula is C27H25Cl2N5O3S. The molecule has 0 aliphatic carbocycles. The van der Waals surface area contributed by atoms with Crippen molar-refractivity contribution in [2.24, 2.45) is 0 Å². The molecule has 1 atom stereocenters. The van der Waals surface area contributed by atoms with Crippen molar-refractivity contribution < 1.29 is 14.7 Å². The number of aromatic nitrogens is 2. The molecule has 4 aromatic rings. The Bertz CT molecular complexity index is 1410. The Morgan fingerprint density at radius 1 is 1.05 bits per heavy atom. The van der Waals surface area contributed by atoms with Crippen molar-refractivity contribution in [1.29, 1.82) is 0 Å². The van der Waals surface area contributed by atoms with Gasteiger partial charge in [0.2, 0.25) is 0 Å². The summed E-state index contributed by atoms with van der Waals surface area (Å²) in [5.74, 6) is 0.490. The second-order valence-electron chi connectivity index (χ2n) is 8.32. The van der Waals surface area contributed by atoms with Crippen LogP contribution in [-0.2, 0) is 13.0 Å². The maximum absolute atomic E-state index is 13.0. The summed E-state index contributed by atoms with van der Waals surface area (Å²) >= 11 is 14.2. The Morgan fingerprint density at radius 3 is 2.47 bits per heavy atom. The number of anilines is 1. The summed E-state index contributed by atoms with van der Waals surface area (Å²) in [5.41, 5.74) is 3.55. The van der Waals surface area contributed by atoms with Gasteiger partial charge in [0.05, 0.1) is 6.04 Å².